The van der Waals surface area contributed by atoms with Gasteiger partial charge >= 0.3 is 0 Å². The highest BCUT2D eigenvalue weighted by atomic mass is 16.1. The van der Waals surface area contributed by atoms with Crippen molar-refractivity contribution >= 4 is 6.29 Å². The smallest absolute Gasteiger partial charge is 0.168 e. The third kappa shape index (κ3) is 2.02. The Bertz CT molecular complexity index is 384. The van der Waals surface area contributed by atoms with Gasteiger partial charge in [-0.3, -0.25) is 9.48 Å². The van der Waals surface area contributed by atoms with Crippen LogP contribution < -0.4 is 0 Å². The van der Waals surface area contributed by atoms with Gasteiger partial charge in [-0.05, 0) is 32.9 Å². The second-order valence-corrected chi connectivity index (χ2v) is 4.81. The van der Waals surface area contributed by atoms with Crippen molar-refractivity contribution in [3.05, 3.63) is 17.5 Å². The lowest BCUT2D eigenvalue weighted by Gasteiger charge is -2.19. The van der Waals surface area contributed by atoms with Gasteiger partial charge in [0.2, 0.25) is 0 Å². The summed E-state index contributed by atoms with van der Waals surface area (Å²) in [5.41, 5.74) is 1.73. The number of carbonyl (C=O) groups excluding carboxylic acids is 1. The van der Waals surface area contributed by atoms with Gasteiger partial charge in [0.05, 0.1) is 5.69 Å². The molecular weight excluding hydrogens is 202 g/mol. The van der Waals surface area contributed by atoms with Crippen LogP contribution in [-0.2, 0) is 7.05 Å². The van der Waals surface area contributed by atoms with Crippen molar-refractivity contribution in [3.8, 4) is 0 Å². The highest BCUT2D eigenvalue weighted by Crippen LogP contribution is 2.27. The van der Waals surface area contributed by atoms with Gasteiger partial charge in [-0.2, -0.15) is 5.10 Å². The highest BCUT2D eigenvalue weighted by Gasteiger charge is 2.27. The molecule has 0 N–H and O–H groups in total. The molecule has 4 nitrogen and oxygen atoms in total. The normalized spacial score (nSPS) is 21.9. The Morgan fingerprint density at radius 2 is 2.31 bits per heavy atom. The molecule has 0 spiro atoms. The summed E-state index contributed by atoms with van der Waals surface area (Å²) in [6.45, 7) is 6.64. The summed E-state index contributed by atoms with van der Waals surface area (Å²) in [6.07, 6.45) is 2.01. The van der Waals surface area contributed by atoms with Crippen molar-refractivity contribution in [3.63, 3.8) is 0 Å². The van der Waals surface area contributed by atoms with Crippen molar-refractivity contribution in [1.82, 2.24) is 14.7 Å². The third-order valence-electron chi connectivity index (χ3n) is 3.42. The number of hydrogen-bond donors (Lipinski definition) is 0. The van der Waals surface area contributed by atoms with Gasteiger partial charge < -0.3 is 4.90 Å². The standard InChI is InChI=1S/C12H19N3O/c1-9(2)15-5-4-10(7-15)12-6-11(8-16)14(3)13-12/h6,8-10H,4-5,7H2,1-3H3. The molecule has 4 heteroatoms. The minimum absolute atomic E-state index is 0.488. The molecule has 1 aromatic rings. The first-order valence-corrected chi connectivity index (χ1v) is 5.85. The molecule has 88 valence electrons. The Labute approximate surface area is 96.2 Å². The largest absolute Gasteiger partial charge is 0.300 e. The molecule has 2 heterocycles. The van der Waals surface area contributed by atoms with Gasteiger partial charge in [-0.25, -0.2) is 0 Å². The van der Waals surface area contributed by atoms with Crippen molar-refractivity contribution in [2.24, 2.45) is 7.05 Å². The van der Waals surface area contributed by atoms with E-state index in [1.807, 2.05) is 13.1 Å². The van der Waals surface area contributed by atoms with Crippen LogP contribution in [0, 0.1) is 0 Å². The molecule has 0 aliphatic carbocycles. The molecule has 1 unspecified atom stereocenters. The van der Waals surface area contributed by atoms with Gasteiger partial charge in [0.25, 0.3) is 0 Å². The van der Waals surface area contributed by atoms with Crippen molar-refractivity contribution in [2.45, 2.75) is 32.2 Å². The van der Waals surface area contributed by atoms with Crippen molar-refractivity contribution in [2.75, 3.05) is 13.1 Å². The first kappa shape index (κ1) is 11.3. The summed E-state index contributed by atoms with van der Waals surface area (Å²) in [6, 6.07) is 2.51. The second-order valence-electron chi connectivity index (χ2n) is 4.81. The molecule has 1 atom stereocenters. The molecule has 0 bridgehead atoms. The van der Waals surface area contributed by atoms with E-state index in [4.69, 9.17) is 0 Å². The van der Waals surface area contributed by atoms with Crippen LogP contribution in [0.2, 0.25) is 0 Å². The predicted molar refractivity (Wildman–Crippen MR) is 62.7 cm³/mol. The van der Waals surface area contributed by atoms with Crippen LogP contribution in [0.25, 0.3) is 0 Å². The summed E-state index contributed by atoms with van der Waals surface area (Å²) < 4.78 is 1.67. The lowest BCUT2D eigenvalue weighted by Crippen LogP contribution is -2.27. The monoisotopic (exact) mass is 221 g/mol. The van der Waals surface area contributed by atoms with Crippen molar-refractivity contribution < 1.29 is 4.79 Å². The van der Waals surface area contributed by atoms with Crippen LogP contribution in [0.1, 0.15) is 42.4 Å². The van der Waals surface area contributed by atoms with Crippen LogP contribution >= 0.6 is 0 Å². The Morgan fingerprint density at radius 3 is 2.81 bits per heavy atom. The fourth-order valence-corrected chi connectivity index (χ4v) is 2.31. The Hall–Kier alpha value is -1.16. The zero-order valence-electron chi connectivity index (χ0n) is 10.2. The minimum Gasteiger partial charge on any atom is -0.300 e. The number of rotatable bonds is 3. The average molecular weight is 221 g/mol. The van der Waals surface area contributed by atoms with Gasteiger partial charge in [-0.15, -0.1) is 0 Å². The minimum atomic E-state index is 0.488. The van der Waals surface area contributed by atoms with Crippen LogP contribution in [-0.4, -0.2) is 40.1 Å². The zero-order valence-corrected chi connectivity index (χ0v) is 10.2. The quantitative estimate of drug-likeness (QED) is 0.725. The molecule has 1 fully saturated rings. The first-order valence-electron chi connectivity index (χ1n) is 5.85. The number of aldehydes is 1. The zero-order chi connectivity index (χ0) is 11.7. The average Bonchev–Trinajstić information content (AvgIpc) is 2.83. The van der Waals surface area contributed by atoms with E-state index in [0.29, 0.717) is 17.7 Å². The van der Waals surface area contributed by atoms with E-state index in [2.05, 4.69) is 23.8 Å². The van der Waals surface area contributed by atoms with Gasteiger partial charge in [0.15, 0.2) is 6.29 Å². The first-order chi connectivity index (χ1) is 7.61. The maximum absolute atomic E-state index is 10.8. The van der Waals surface area contributed by atoms with Crippen LogP contribution in [0.15, 0.2) is 6.07 Å². The topological polar surface area (TPSA) is 38.1 Å². The third-order valence-corrected chi connectivity index (χ3v) is 3.42. The lowest BCUT2D eigenvalue weighted by molar-refractivity contribution is 0.111. The van der Waals surface area contributed by atoms with Gasteiger partial charge in [0.1, 0.15) is 5.69 Å². The molecular formula is C12H19N3O. The molecule has 16 heavy (non-hydrogen) atoms. The van der Waals surface area contributed by atoms with Crippen molar-refractivity contribution in [1.29, 1.82) is 0 Å². The lowest BCUT2D eigenvalue weighted by atomic mass is 10.1. The molecule has 2 rings (SSSR count). The van der Waals surface area contributed by atoms with E-state index in [1.54, 1.807) is 4.68 Å². The fraction of sp³-hybridized carbons (Fsp3) is 0.667. The summed E-state index contributed by atoms with van der Waals surface area (Å²) in [7, 11) is 1.82. The second kappa shape index (κ2) is 4.37. The molecule has 1 aliphatic heterocycles. The maximum Gasteiger partial charge on any atom is 0.168 e. The van der Waals surface area contributed by atoms with Crippen LogP contribution in [0.5, 0.6) is 0 Å². The molecule has 0 aromatic carbocycles. The SMILES string of the molecule is CC(C)N1CCC(c2cc(C=O)n(C)n2)C1. The summed E-state index contributed by atoms with van der Waals surface area (Å²) in [4.78, 5) is 13.2. The number of aryl methyl sites for hydroxylation is 1. The summed E-state index contributed by atoms with van der Waals surface area (Å²) in [5.74, 6) is 0.488. The van der Waals surface area contributed by atoms with E-state index in [1.165, 1.54) is 0 Å². The van der Waals surface area contributed by atoms with E-state index >= 15 is 0 Å². The number of aromatic nitrogens is 2. The number of likely N-dealkylation sites (tertiary alicyclic amines) is 1. The van der Waals surface area contributed by atoms with E-state index in [9.17, 15) is 4.79 Å². The fourth-order valence-electron chi connectivity index (χ4n) is 2.31. The summed E-state index contributed by atoms with van der Waals surface area (Å²) >= 11 is 0. The van der Waals surface area contributed by atoms with Crippen LogP contribution in [0.4, 0.5) is 0 Å². The van der Waals surface area contributed by atoms with E-state index in [-0.39, 0.29) is 0 Å². The van der Waals surface area contributed by atoms with E-state index < -0.39 is 0 Å². The Kier molecular flexibility index (Phi) is 3.10. The van der Waals surface area contributed by atoms with E-state index in [0.717, 1.165) is 31.5 Å². The summed E-state index contributed by atoms with van der Waals surface area (Å²) in [5, 5.41) is 4.42. The highest BCUT2D eigenvalue weighted by molar-refractivity contribution is 5.72. The molecule has 0 radical (unpaired) electrons. The molecule has 1 saturated heterocycles. The number of hydrogen-bond acceptors (Lipinski definition) is 3. The molecule has 0 saturated carbocycles. The Balaban J connectivity index is 2.11. The molecule has 1 aliphatic rings. The maximum atomic E-state index is 10.8. The number of carbonyl (C=O) groups is 1. The predicted octanol–water partition coefficient (Wildman–Crippen LogP) is 1.43. The van der Waals surface area contributed by atoms with Gasteiger partial charge in [0, 0.05) is 25.6 Å². The Morgan fingerprint density at radius 1 is 1.56 bits per heavy atom. The number of nitrogens with zero attached hydrogens (tertiary/aromatic N) is 3. The van der Waals surface area contributed by atoms with Gasteiger partial charge in [-0.1, -0.05) is 0 Å². The molecule has 0 amide bonds. The molecule has 1 aromatic heterocycles. The van der Waals surface area contributed by atoms with Crippen LogP contribution in [0.3, 0.4) is 0 Å².